The predicted octanol–water partition coefficient (Wildman–Crippen LogP) is 3.22. The van der Waals surface area contributed by atoms with Crippen LogP contribution in [0.15, 0.2) is 48.8 Å². The van der Waals surface area contributed by atoms with Crippen molar-refractivity contribution >= 4 is 29.2 Å². The monoisotopic (exact) mass is 420 g/mol. The Balaban J connectivity index is 1.65. The number of primary amides is 1. The standard InChI is InChI=1S/C21H17ClN6O2/c22-18-17(20(24)29)16-12-27(21(30)26-15-5-1-3-13(9-15)10-23)7-8-28(16)19(18)14-4-2-6-25-11-14/h1-6,9,11H,7-8,12H2,(H2,24,29)(H,26,30). The summed E-state index contributed by atoms with van der Waals surface area (Å²) in [5.74, 6) is -0.650. The van der Waals surface area contributed by atoms with E-state index in [1.54, 1.807) is 47.6 Å². The Morgan fingerprint density at radius 3 is 2.77 bits per heavy atom. The van der Waals surface area contributed by atoms with E-state index in [9.17, 15) is 9.59 Å². The Hall–Kier alpha value is -3.83. The van der Waals surface area contributed by atoms with E-state index < -0.39 is 5.91 Å². The van der Waals surface area contributed by atoms with Gasteiger partial charge in [-0.3, -0.25) is 9.78 Å². The van der Waals surface area contributed by atoms with E-state index in [1.165, 1.54) is 0 Å². The zero-order valence-corrected chi connectivity index (χ0v) is 16.6. The van der Waals surface area contributed by atoms with Gasteiger partial charge in [-0.05, 0) is 30.3 Å². The highest BCUT2D eigenvalue weighted by molar-refractivity contribution is 6.36. The third-order valence-corrected chi connectivity index (χ3v) is 5.33. The fraction of sp³-hybridized carbons (Fsp3) is 0.143. The Labute approximate surface area is 177 Å². The second-order valence-corrected chi connectivity index (χ2v) is 7.16. The molecule has 2 aromatic heterocycles. The van der Waals surface area contributed by atoms with Crippen molar-refractivity contribution in [3.63, 3.8) is 0 Å². The highest BCUT2D eigenvalue weighted by Gasteiger charge is 2.31. The fourth-order valence-corrected chi connectivity index (χ4v) is 4.02. The SMILES string of the molecule is N#Cc1cccc(NC(=O)N2CCn3c(c(C(N)=O)c(Cl)c3-c3cccnc3)C2)c1. The number of urea groups is 1. The molecule has 30 heavy (non-hydrogen) atoms. The van der Waals surface area contributed by atoms with Crippen LogP contribution in [0.25, 0.3) is 11.3 Å². The summed E-state index contributed by atoms with van der Waals surface area (Å²) in [4.78, 5) is 30.6. The molecule has 0 radical (unpaired) electrons. The van der Waals surface area contributed by atoms with Gasteiger partial charge in [-0.1, -0.05) is 17.7 Å². The highest BCUT2D eigenvalue weighted by atomic mass is 35.5. The van der Waals surface area contributed by atoms with Crippen LogP contribution in [-0.2, 0) is 13.1 Å². The van der Waals surface area contributed by atoms with Gasteiger partial charge in [0.25, 0.3) is 5.91 Å². The first-order chi connectivity index (χ1) is 14.5. The molecular weight excluding hydrogens is 404 g/mol. The van der Waals surface area contributed by atoms with Crippen LogP contribution in [-0.4, -0.2) is 32.9 Å². The molecule has 0 fully saturated rings. The fourth-order valence-electron chi connectivity index (χ4n) is 3.60. The molecule has 0 saturated carbocycles. The molecule has 0 spiro atoms. The smallest absolute Gasteiger partial charge is 0.322 e. The summed E-state index contributed by atoms with van der Waals surface area (Å²) in [5.41, 5.74) is 8.79. The number of carbonyl (C=O) groups is 2. The van der Waals surface area contributed by atoms with Crippen molar-refractivity contribution in [3.8, 4) is 17.3 Å². The number of nitrogens with zero attached hydrogens (tertiary/aromatic N) is 4. The lowest BCUT2D eigenvalue weighted by atomic mass is 10.1. The van der Waals surface area contributed by atoms with Gasteiger partial charge < -0.3 is 20.5 Å². The molecule has 0 saturated heterocycles. The van der Waals surface area contributed by atoms with Crippen LogP contribution in [0.5, 0.6) is 0 Å². The number of nitrogens with one attached hydrogen (secondary N) is 1. The molecule has 4 rings (SSSR count). The number of hydrogen-bond donors (Lipinski definition) is 2. The molecule has 3 N–H and O–H groups in total. The number of nitriles is 1. The Morgan fingerprint density at radius 2 is 2.07 bits per heavy atom. The number of aromatic nitrogens is 2. The van der Waals surface area contributed by atoms with Crippen LogP contribution in [0.3, 0.4) is 0 Å². The second-order valence-electron chi connectivity index (χ2n) is 6.79. The van der Waals surface area contributed by atoms with Crippen LogP contribution in [0.1, 0.15) is 21.6 Å². The molecule has 150 valence electrons. The van der Waals surface area contributed by atoms with E-state index in [4.69, 9.17) is 22.6 Å². The van der Waals surface area contributed by atoms with Gasteiger partial charge in [0.15, 0.2) is 0 Å². The number of hydrogen-bond acceptors (Lipinski definition) is 4. The zero-order valence-electron chi connectivity index (χ0n) is 15.8. The van der Waals surface area contributed by atoms with Crippen LogP contribution >= 0.6 is 11.6 Å². The highest BCUT2D eigenvalue weighted by Crippen LogP contribution is 2.37. The lowest BCUT2D eigenvalue weighted by molar-refractivity contribution is 0.0997. The summed E-state index contributed by atoms with van der Waals surface area (Å²) in [6, 6.07) is 12.0. The number of halogens is 1. The number of amides is 3. The van der Waals surface area contributed by atoms with E-state index >= 15 is 0 Å². The van der Waals surface area contributed by atoms with Crippen molar-refractivity contribution in [2.45, 2.75) is 13.1 Å². The van der Waals surface area contributed by atoms with Crippen molar-refractivity contribution in [2.75, 3.05) is 11.9 Å². The third kappa shape index (κ3) is 3.47. The maximum absolute atomic E-state index is 12.8. The number of rotatable bonds is 3. The van der Waals surface area contributed by atoms with Crippen LogP contribution in [0, 0.1) is 11.3 Å². The van der Waals surface area contributed by atoms with Gasteiger partial charge in [0.1, 0.15) is 0 Å². The molecule has 3 amide bonds. The van der Waals surface area contributed by atoms with Gasteiger partial charge in [-0.15, -0.1) is 0 Å². The molecule has 0 bridgehead atoms. The molecule has 1 aromatic carbocycles. The van der Waals surface area contributed by atoms with Crippen molar-refractivity contribution in [1.82, 2.24) is 14.5 Å². The van der Waals surface area contributed by atoms with Crippen molar-refractivity contribution in [1.29, 1.82) is 5.26 Å². The van der Waals surface area contributed by atoms with Crippen molar-refractivity contribution < 1.29 is 9.59 Å². The summed E-state index contributed by atoms with van der Waals surface area (Å²) in [6.45, 7) is 1.02. The van der Waals surface area contributed by atoms with E-state index in [0.29, 0.717) is 35.7 Å². The van der Waals surface area contributed by atoms with Gasteiger partial charge >= 0.3 is 6.03 Å². The van der Waals surface area contributed by atoms with E-state index in [-0.39, 0.29) is 23.2 Å². The summed E-state index contributed by atoms with van der Waals surface area (Å²) in [5, 5.41) is 12.1. The molecule has 1 aliphatic heterocycles. The minimum atomic E-state index is -0.650. The Bertz CT molecular complexity index is 1180. The number of nitrogens with two attached hydrogens (primary N) is 1. The quantitative estimate of drug-likeness (QED) is 0.676. The van der Waals surface area contributed by atoms with E-state index in [1.807, 2.05) is 16.7 Å². The summed E-state index contributed by atoms with van der Waals surface area (Å²) < 4.78 is 1.92. The molecule has 8 nitrogen and oxygen atoms in total. The third-order valence-electron chi connectivity index (χ3n) is 4.96. The molecule has 3 aromatic rings. The predicted molar refractivity (Wildman–Crippen MR) is 112 cm³/mol. The maximum Gasteiger partial charge on any atom is 0.322 e. The minimum absolute atomic E-state index is 0.169. The second kappa shape index (κ2) is 7.89. The summed E-state index contributed by atoms with van der Waals surface area (Å²) in [7, 11) is 0. The van der Waals surface area contributed by atoms with Gasteiger partial charge in [0, 0.05) is 36.7 Å². The average Bonchev–Trinajstić information content (AvgIpc) is 3.05. The van der Waals surface area contributed by atoms with Crippen molar-refractivity contribution in [3.05, 3.63) is 70.6 Å². The summed E-state index contributed by atoms with van der Waals surface area (Å²) in [6.07, 6.45) is 3.32. The van der Waals surface area contributed by atoms with Crippen molar-refractivity contribution in [2.24, 2.45) is 5.73 Å². The molecular formula is C21H17ClN6O2. The lowest BCUT2D eigenvalue weighted by Gasteiger charge is -2.30. The minimum Gasteiger partial charge on any atom is -0.365 e. The van der Waals surface area contributed by atoms with Gasteiger partial charge in [0.2, 0.25) is 0 Å². The van der Waals surface area contributed by atoms with Crippen LogP contribution in [0.2, 0.25) is 5.02 Å². The summed E-state index contributed by atoms with van der Waals surface area (Å²) >= 11 is 6.54. The Morgan fingerprint density at radius 1 is 1.23 bits per heavy atom. The average molecular weight is 421 g/mol. The Kier molecular flexibility index (Phi) is 5.12. The first kappa shape index (κ1) is 19.5. The number of carbonyl (C=O) groups excluding carboxylic acids is 2. The van der Waals surface area contributed by atoms with Gasteiger partial charge in [0.05, 0.1) is 40.2 Å². The van der Waals surface area contributed by atoms with E-state index in [2.05, 4.69) is 10.3 Å². The number of fused-ring (bicyclic) bond motifs is 1. The lowest BCUT2D eigenvalue weighted by Crippen LogP contribution is -2.41. The number of pyridine rings is 1. The molecule has 9 heteroatoms. The van der Waals surface area contributed by atoms with Crippen LogP contribution < -0.4 is 11.1 Å². The molecule has 0 unspecified atom stereocenters. The first-order valence-corrected chi connectivity index (χ1v) is 9.54. The molecule has 0 aliphatic carbocycles. The van der Waals surface area contributed by atoms with E-state index in [0.717, 1.165) is 5.56 Å². The van der Waals surface area contributed by atoms with Gasteiger partial charge in [-0.2, -0.15) is 5.26 Å². The normalized spacial score (nSPS) is 12.7. The van der Waals surface area contributed by atoms with Crippen LogP contribution in [0.4, 0.5) is 10.5 Å². The largest absolute Gasteiger partial charge is 0.365 e. The van der Waals surface area contributed by atoms with Gasteiger partial charge in [-0.25, -0.2) is 4.79 Å². The maximum atomic E-state index is 12.8. The number of benzene rings is 1. The molecule has 1 aliphatic rings. The number of anilines is 1. The molecule has 3 heterocycles. The topological polar surface area (TPSA) is 117 Å². The molecule has 0 atom stereocenters. The zero-order chi connectivity index (χ0) is 21.3. The first-order valence-electron chi connectivity index (χ1n) is 9.16.